The van der Waals surface area contributed by atoms with Crippen LogP contribution in [0.3, 0.4) is 0 Å². The lowest BCUT2D eigenvalue weighted by Gasteiger charge is -2.40. The number of aliphatic hydroxyl groups is 1. The van der Waals surface area contributed by atoms with Gasteiger partial charge in [0.25, 0.3) is 0 Å². The van der Waals surface area contributed by atoms with Gasteiger partial charge in [0.2, 0.25) is 11.8 Å². The van der Waals surface area contributed by atoms with Crippen molar-refractivity contribution in [1.29, 1.82) is 0 Å². The van der Waals surface area contributed by atoms with Crippen LogP contribution in [0.5, 0.6) is 0 Å². The van der Waals surface area contributed by atoms with Gasteiger partial charge in [0.1, 0.15) is 18.2 Å². The van der Waals surface area contributed by atoms with Gasteiger partial charge in [-0.05, 0) is 18.8 Å². The maximum absolute atomic E-state index is 14.2. The number of aliphatic hydroxyl groups excluding tert-OH is 1. The van der Waals surface area contributed by atoms with Crippen LogP contribution in [0, 0.1) is 17.8 Å². The molecule has 3 saturated heterocycles. The van der Waals surface area contributed by atoms with E-state index in [0.717, 1.165) is 19.3 Å². The largest absolute Gasteiger partial charge is 0.461 e. The molecule has 3 heterocycles. The van der Waals surface area contributed by atoms with E-state index in [-0.39, 0.29) is 35.8 Å². The average Bonchev–Trinajstić information content (AvgIpc) is 3.41. The molecule has 3 aliphatic heterocycles. The van der Waals surface area contributed by atoms with Crippen molar-refractivity contribution in [3.8, 4) is 0 Å². The quantitative estimate of drug-likeness (QED) is 0.163. The molecule has 0 aliphatic carbocycles. The van der Waals surface area contributed by atoms with Gasteiger partial charge in [-0.25, -0.2) is 0 Å². The van der Waals surface area contributed by atoms with Crippen LogP contribution in [0.1, 0.15) is 46.5 Å². The van der Waals surface area contributed by atoms with Crippen LogP contribution in [0.25, 0.3) is 0 Å². The zero-order chi connectivity index (χ0) is 25.9. The number of carbonyl (C=O) groups excluding carboxylic acids is 3. The summed E-state index contributed by atoms with van der Waals surface area (Å²) in [5.41, 5.74) is -1.17. The molecule has 35 heavy (non-hydrogen) atoms. The highest BCUT2D eigenvalue weighted by atomic mass is 79.9. The van der Waals surface area contributed by atoms with Crippen molar-refractivity contribution < 1.29 is 29.0 Å². The van der Waals surface area contributed by atoms with Gasteiger partial charge in [0.05, 0.1) is 30.6 Å². The molecule has 3 fully saturated rings. The van der Waals surface area contributed by atoms with Crippen molar-refractivity contribution in [3.05, 3.63) is 25.3 Å². The van der Waals surface area contributed by atoms with Crippen LogP contribution >= 0.6 is 15.9 Å². The van der Waals surface area contributed by atoms with E-state index < -0.39 is 41.6 Å². The monoisotopic (exact) mass is 554 g/mol. The van der Waals surface area contributed by atoms with E-state index in [1.54, 1.807) is 11.0 Å². The van der Waals surface area contributed by atoms with Crippen molar-refractivity contribution >= 4 is 33.7 Å². The summed E-state index contributed by atoms with van der Waals surface area (Å²) in [6.07, 6.45) is 5.83. The number of carbonyl (C=O) groups is 3. The van der Waals surface area contributed by atoms with Crippen LogP contribution in [0.15, 0.2) is 25.3 Å². The Hall–Kier alpha value is -1.71. The molecule has 0 radical (unpaired) electrons. The van der Waals surface area contributed by atoms with E-state index in [9.17, 15) is 19.5 Å². The van der Waals surface area contributed by atoms with Crippen molar-refractivity contribution in [3.63, 3.8) is 0 Å². The normalized spacial score (nSPS) is 32.0. The molecule has 0 aromatic carbocycles. The van der Waals surface area contributed by atoms with Gasteiger partial charge < -0.3 is 24.4 Å². The van der Waals surface area contributed by atoms with Crippen LogP contribution in [-0.4, -0.2) is 87.6 Å². The van der Waals surface area contributed by atoms with Gasteiger partial charge in [-0.3, -0.25) is 14.4 Å². The van der Waals surface area contributed by atoms with E-state index in [4.69, 9.17) is 9.47 Å². The Balaban J connectivity index is 2.07. The summed E-state index contributed by atoms with van der Waals surface area (Å²) in [6.45, 7) is 13.9. The number of nitrogens with zero attached hydrogens (tertiary/aromatic N) is 2. The topological polar surface area (TPSA) is 96.4 Å². The number of likely N-dealkylation sites (tertiary alicyclic amines) is 1. The Labute approximate surface area is 216 Å². The van der Waals surface area contributed by atoms with Crippen LogP contribution < -0.4 is 0 Å². The maximum atomic E-state index is 14.2. The Morgan fingerprint density at radius 3 is 2.63 bits per heavy atom. The van der Waals surface area contributed by atoms with E-state index in [2.05, 4.69) is 36.0 Å². The fraction of sp³-hybridized carbons (Fsp3) is 0.731. The minimum absolute atomic E-state index is 0.0325. The smallest absolute Gasteiger partial charge is 0.312 e. The summed E-state index contributed by atoms with van der Waals surface area (Å²) in [4.78, 5) is 44.3. The first-order chi connectivity index (χ1) is 16.7. The standard InChI is InChI=1S/C26H39BrN2O6/c1-6-9-10-12-28(11-7-2)24(32)22-26-14-17(27)21(35-26)19(25(33)34-13-8-3)20(26)23(31)29(22)18(15-30)16(4)5/h7-8,16-22,30H,2-3,6,9-15H2,1,4-5H3/t17?,18-,19-,20-,21-,22?,26?/m0/s1. The lowest BCUT2D eigenvalue weighted by Crippen LogP contribution is -2.60. The fourth-order valence-corrected chi connectivity index (χ4v) is 6.95. The molecule has 2 bridgehead atoms. The molecule has 9 heteroatoms. The first-order valence-corrected chi connectivity index (χ1v) is 13.5. The number of fused-ring (bicyclic) bond motifs is 1. The summed E-state index contributed by atoms with van der Waals surface area (Å²) >= 11 is 3.65. The Morgan fingerprint density at radius 1 is 1.34 bits per heavy atom. The van der Waals surface area contributed by atoms with Crippen LogP contribution in [0.2, 0.25) is 0 Å². The number of unbranched alkanes of at least 4 members (excludes halogenated alkanes) is 2. The third-order valence-corrected chi connectivity index (χ3v) is 8.43. The van der Waals surface area contributed by atoms with Crippen LogP contribution in [-0.2, 0) is 23.9 Å². The van der Waals surface area contributed by atoms with E-state index >= 15 is 0 Å². The molecule has 1 N–H and O–H groups in total. The molecular formula is C26H39BrN2O6. The van der Waals surface area contributed by atoms with Crippen LogP contribution in [0.4, 0.5) is 0 Å². The molecule has 8 nitrogen and oxygen atoms in total. The Bertz CT molecular complexity index is 835. The third kappa shape index (κ3) is 4.83. The molecule has 3 rings (SSSR count). The van der Waals surface area contributed by atoms with Gasteiger partial charge in [-0.1, -0.05) is 68.3 Å². The number of ether oxygens (including phenoxy) is 2. The molecular weight excluding hydrogens is 516 g/mol. The van der Waals surface area contributed by atoms with Crippen molar-refractivity contribution in [2.45, 2.75) is 75.1 Å². The summed E-state index contributed by atoms with van der Waals surface area (Å²) < 4.78 is 11.8. The number of esters is 1. The molecule has 3 aliphatic rings. The summed E-state index contributed by atoms with van der Waals surface area (Å²) in [5, 5.41) is 10.3. The molecule has 0 saturated carbocycles. The molecule has 0 aromatic heterocycles. The summed E-state index contributed by atoms with van der Waals surface area (Å²) in [7, 11) is 0. The average molecular weight is 556 g/mol. The SMILES string of the molecule is C=CCOC(=O)[C@H]1[C@H]2C(=O)N([C@@H](CO)C(C)C)C(C(=O)N(CC=C)CCCCC)C23CC(Br)[C@@H]1O3. The molecule has 1 spiro atoms. The maximum Gasteiger partial charge on any atom is 0.312 e. The van der Waals surface area contributed by atoms with Crippen molar-refractivity contribution in [1.82, 2.24) is 9.80 Å². The first-order valence-electron chi connectivity index (χ1n) is 12.6. The van der Waals surface area contributed by atoms with Gasteiger partial charge in [0, 0.05) is 17.9 Å². The van der Waals surface area contributed by atoms with E-state index in [1.165, 1.54) is 11.0 Å². The second-order valence-electron chi connectivity index (χ2n) is 10.1. The van der Waals surface area contributed by atoms with E-state index in [1.807, 2.05) is 13.8 Å². The zero-order valence-electron chi connectivity index (χ0n) is 21.0. The van der Waals surface area contributed by atoms with Gasteiger partial charge in [-0.15, -0.1) is 6.58 Å². The number of amides is 2. The highest BCUT2D eigenvalue weighted by Crippen LogP contribution is 2.60. The first kappa shape index (κ1) is 27.9. The lowest BCUT2D eigenvalue weighted by molar-refractivity contribution is -0.156. The van der Waals surface area contributed by atoms with Crippen molar-refractivity contribution in [2.24, 2.45) is 17.8 Å². The number of hydrogen-bond donors (Lipinski definition) is 1. The highest BCUT2D eigenvalue weighted by molar-refractivity contribution is 9.09. The summed E-state index contributed by atoms with van der Waals surface area (Å²) in [6, 6.07) is -1.53. The predicted octanol–water partition coefficient (Wildman–Crippen LogP) is 2.69. The third-order valence-electron chi connectivity index (χ3n) is 7.58. The number of hydrogen-bond acceptors (Lipinski definition) is 6. The second kappa shape index (κ2) is 11.6. The lowest BCUT2D eigenvalue weighted by atomic mass is 9.70. The number of alkyl halides is 1. The number of halogens is 1. The summed E-state index contributed by atoms with van der Waals surface area (Å²) in [5.74, 6) is -2.86. The number of rotatable bonds is 13. The molecule has 196 valence electrons. The minimum Gasteiger partial charge on any atom is -0.461 e. The molecule has 0 aromatic rings. The predicted molar refractivity (Wildman–Crippen MR) is 136 cm³/mol. The van der Waals surface area contributed by atoms with Gasteiger partial charge in [0.15, 0.2) is 0 Å². The highest BCUT2D eigenvalue weighted by Gasteiger charge is 2.77. The van der Waals surface area contributed by atoms with Gasteiger partial charge >= 0.3 is 5.97 Å². The van der Waals surface area contributed by atoms with Gasteiger partial charge in [-0.2, -0.15) is 0 Å². The fourth-order valence-electron chi connectivity index (χ4n) is 6.00. The Morgan fingerprint density at radius 2 is 2.06 bits per heavy atom. The molecule has 7 atom stereocenters. The molecule has 3 unspecified atom stereocenters. The van der Waals surface area contributed by atoms with Crippen molar-refractivity contribution in [2.75, 3.05) is 26.3 Å². The zero-order valence-corrected chi connectivity index (χ0v) is 22.6. The molecule has 2 amide bonds. The second-order valence-corrected chi connectivity index (χ2v) is 11.3. The Kier molecular flexibility index (Phi) is 9.21. The minimum atomic E-state index is -1.17. The van der Waals surface area contributed by atoms with E-state index in [0.29, 0.717) is 19.5 Å².